The average Bonchev–Trinajstić information content (AvgIpc) is 3.18. The Bertz CT molecular complexity index is 855. The molecule has 28 heavy (non-hydrogen) atoms. The molecule has 0 saturated carbocycles. The Balaban J connectivity index is 1.86. The van der Waals surface area contributed by atoms with E-state index in [1.165, 1.54) is 4.90 Å². The molecule has 1 aliphatic heterocycles. The molecule has 0 aliphatic carbocycles. The highest BCUT2D eigenvalue weighted by Gasteiger charge is 2.44. The van der Waals surface area contributed by atoms with E-state index in [1.807, 2.05) is 36.4 Å². The van der Waals surface area contributed by atoms with Gasteiger partial charge in [0.05, 0.1) is 17.2 Å². The van der Waals surface area contributed by atoms with Gasteiger partial charge in [0.2, 0.25) is 5.91 Å². The number of hydrogen-bond donors (Lipinski definition) is 2. The predicted molar refractivity (Wildman–Crippen MR) is 109 cm³/mol. The number of Topliss-reactive ketones (excluding diaryl/α,β-unsaturated/α-hetero) is 1. The van der Waals surface area contributed by atoms with E-state index in [0.717, 1.165) is 5.56 Å². The molecule has 1 heterocycles. The quantitative estimate of drug-likeness (QED) is 0.577. The van der Waals surface area contributed by atoms with Crippen LogP contribution in [0.2, 0.25) is 0 Å². The number of carboxylic acids is 1. The van der Waals surface area contributed by atoms with Crippen molar-refractivity contribution in [2.75, 3.05) is 0 Å². The summed E-state index contributed by atoms with van der Waals surface area (Å²) < 4.78 is 0. The number of aliphatic carboxylic acids is 1. The summed E-state index contributed by atoms with van der Waals surface area (Å²) in [7, 11) is 0. The zero-order valence-electron chi connectivity index (χ0n) is 15.6. The van der Waals surface area contributed by atoms with Crippen LogP contribution in [0.25, 0.3) is 0 Å². The van der Waals surface area contributed by atoms with Crippen LogP contribution in [-0.2, 0) is 9.59 Å². The van der Waals surface area contributed by atoms with Gasteiger partial charge in [-0.1, -0.05) is 67.6 Å². The first-order valence-corrected chi connectivity index (χ1v) is 9.80. The Morgan fingerprint density at radius 1 is 1.00 bits per heavy atom. The molecule has 1 amide bonds. The molecule has 3 unspecified atom stereocenters. The van der Waals surface area contributed by atoms with Crippen molar-refractivity contribution in [2.45, 2.75) is 37.1 Å². The highest BCUT2D eigenvalue weighted by molar-refractivity contribution is 7.81. The summed E-state index contributed by atoms with van der Waals surface area (Å²) in [5.74, 6) is -2.37. The SMILES string of the molecule is C[C@@H](C(=O)N1C(C(=O)O)CCC1c1ccccc1)C(S)C(=O)c1ccccc1. The van der Waals surface area contributed by atoms with Crippen molar-refractivity contribution in [3.8, 4) is 0 Å². The Labute approximate surface area is 169 Å². The third-order valence-corrected chi connectivity index (χ3v) is 5.98. The van der Waals surface area contributed by atoms with Crippen molar-refractivity contribution in [3.63, 3.8) is 0 Å². The summed E-state index contributed by atoms with van der Waals surface area (Å²) in [4.78, 5) is 39.2. The number of hydrogen-bond acceptors (Lipinski definition) is 4. The molecule has 0 radical (unpaired) electrons. The van der Waals surface area contributed by atoms with Crippen LogP contribution in [0.5, 0.6) is 0 Å². The maximum Gasteiger partial charge on any atom is 0.326 e. The van der Waals surface area contributed by atoms with Crippen LogP contribution in [0.4, 0.5) is 0 Å². The summed E-state index contributed by atoms with van der Waals surface area (Å²) >= 11 is 4.42. The Morgan fingerprint density at radius 2 is 1.57 bits per heavy atom. The normalized spacial score (nSPS) is 21.1. The molecule has 6 heteroatoms. The van der Waals surface area contributed by atoms with Crippen LogP contribution in [0.3, 0.4) is 0 Å². The second kappa shape index (κ2) is 8.61. The van der Waals surface area contributed by atoms with Crippen LogP contribution >= 0.6 is 12.6 Å². The number of carbonyl (C=O) groups excluding carboxylic acids is 2. The fraction of sp³-hybridized carbons (Fsp3) is 0.318. The van der Waals surface area contributed by atoms with Gasteiger partial charge in [-0.05, 0) is 18.4 Å². The Kier molecular flexibility index (Phi) is 6.19. The lowest BCUT2D eigenvalue weighted by Gasteiger charge is -2.32. The number of thiol groups is 1. The molecule has 1 fully saturated rings. The van der Waals surface area contributed by atoms with Crippen molar-refractivity contribution >= 4 is 30.3 Å². The number of ketones is 1. The van der Waals surface area contributed by atoms with Crippen LogP contribution in [0.1, 0.15) is 41.7 Å². The molecular formula is C22H23NO4S. The van der Waals surface area contributed by atoms with Gasteiger partial charge in [0, 0.05) is 5.56 Å². The summed E-state index contributed by atoms with van der Waals surface area (Å²) in [5, 5.41) is 8.78. The molecule has 0 aromatic heterocycles. The molecule has 0 spiro atoms. The van der Waals surface area contributed by atoms with Gasteiger partial charge in [-0.2, -0.15) is 12.6 Å². The standard InChI is InChI=1S/C22H23NO4S/c1-14(20(28)19(24)16-10-6-3-7-11-16)21(25)23-17(12-13-18(23)22(26)27)15-8-4-2-5-9-15/h2-11,14,17-18,20,28H,12-13H2,1H3,(H,26,27)/t14-,17?,18?,20?/m1/s1. The minimum absolute atomic E-state index is 0.243. The molecule has 1 aliphatic rings. The molecule has 3 rings (SSSR count). The van der Waals surface area contributed by atoms with Gasteiger partial charge in [0.15, 0.2) is 5.78 Å². The van der Waals surface area contributed by atoms with Crippen molar-refractivity contribution < 1.29 is 19.5 Å². The zero-order chi connectivity index (χ0) is 20.3. The van der Waals surface area contributed by atoms with Crippen LogP contribution in [0.15, 0.2) is 60.7 Å². The maximum atomic E-state index is 13.3. The number of nitrogens with zero attached hydrogens (tertiary/aromatic N) is 1. The molecule has 1 saturated heterocycles. The summed E-state index contributed by atoms with van der Waals surface area (Å²) in [6, 6.07) is 16.9. The van der Waals surface area contributed by atoms with E-state index in [1.54, 1.807) is 31.2 Å². The first-order chi connectivity index (χ1) is 13.4. The van der Waals surface area contributed by atoms with Crippen molar-refractivity contribution in [3.05, 3.63) is 71.8 Å². The van der Waals surface area contributed by atoms with E-state index in [-0.39, 0.29) is 17.7 Å². The van der Waals surface area contributed by atoms with Gasteiger partial charge >= 0.3 is 5.97 Å². The lowest BCUT2D eigenvalue weighted by Crippen LogP contribution is -2.47. The summed E-state index contributed by atoms with van der Waals surface area (Å²) in [6.45, 7) is 1.64. The van der Waals surface area contributed by atoms with E-state index >= 15 is 0 Å². The largest absolute Gasteiger partial charge is 0.480 e. The molecule has 5 nitrogen and oxygen atoms in total. The first-order valence-electron chi connectivity index (χ1n) is 9.29. The van der Waals surface area contributed by atoms with Gasteiger partial charge in [0.1, 0.15) is 6.04 Å². The molecule has 0 bridgehead atoms. The second-order valence-corrected chi connectivity index (χ2v) is 7.62. The van der Waals surface area contributed by atoms with Gasteiger partial charge < -0.3 is 10.0 Å². The Hall–Kier alpha value is -2.60. The zero-order valence-corrected chi connectivity index (χ0v) is 16.5. The number of carbonyl (C=O) groups is 3. The van der Waals surface area contributed by atoms with E-state index in [2.05, 4.69) is 12.6 Å². The minimum atomic E-state index is -1.02. The van der Waals surface area contributed by atoms with Crippen LogP contribution in [0, 0.1) is 5.92 Å². The monoisotopic (exact) mass is 397 g/mol. The van der Waals surface area contributed by atoms with Crippen molar-refractivity contribution in [1.29, 1.82) is 0 Å². The summed E-state index contributed by atoms with van der Waals surface area (Å²) in [6.07, 6.45) is 0.959. The first kappa shape index (κ1) is 20.1. The highest BCUT2D eigenvalue weighted by Crippen LogP contribution is 2.38. The van der Waals surface area contributed by atoms with Gasteiger partial charge in [-0.3, -0.25) is 9.59 Å². The molecular weight excluding hydrogens is 374 g/mol. The topological polar surface area (TPSA) is 74.7 Å². The van der Waals surface area contributed by atoms with E-state index in [9.17, 15) is 19.5 Å². The molecule has 146 valence electrons. The summed E-state index contributed by atoms with van der Waals surface area (Å²) in [5.41, 5.74) is 1.38. The lowest BCUT2D eigenvalue weighted by atomic mass is 9.96. The second-order valence-electron chi connectivity index (χ2n) is 7.07. The predicted octanol–water partition coefficient (Wildman–Crippen LogP) is 3.62. The van der Waals surface area contributed by atoms with E-state index < -0.39 is 23.2 Å². The third-order valence-electron chi connectivity index (χ3n) is 5.30. The van der Waals surface area contributed by atoms with E-state index in [4.69, 9.17) is 0 Å². The van der Waals surface area contributed by atoms with Crippen LogP contribution in [-0.4, -0.2) is 39.0 Å². The fourth-order valence-corrected chi connectivity index (χ4v) is 4.01. The smallest absolute Gasteiger partial charge is 0.326 e. The number of likely N-dealkylation sites (tertiary alicyclic amines) is 1. The third kappa shape index (κ3) is 3.97. The maximum absolute atomic E-state index is 13.3. The minimum Gasteiger partial charge on any atom is -0.480 e. The molecule has 4 atom stereocenters. The van der Waals surface area contributed by atoms with Crippen molar-refractivity contribution in [2.24, 2.45) is 5.92 Å². The van der Waals surface area contributed by atoms with Crippen LogP contribution < -0.4 is 0 Å². The fourth-order valence-electron chi connectivity index (χ4n) is 3.73. The van der Waals surface area contributed by atoms with Gasteiger partial charge in [-0.15, -0.1) is 0 Å². The highest BCUT2D eigenvalue weighted by atomic mass is 32.1. The lowest BCUT2D eigenvalue weighted by molar-refractivity contribution is -0.151. The average molecular weight is 397 g/mol. The number of carboxylic acid groups (broad SMARTS) is 1. The number of benzene rings is 2. The molecule has 2 aromatic rings. The van der Waals surface area contributed by atoms with Crippen molar-refractivity contribution in [1.82, 2.24) is 4.90 Å². The molecule has 2 aromatic carbocycles. The van der Waals surface area contributed by atoms with E-state index in [0.29, 0.717) is 18.4 Å². The number of amides is 1. The van der Waals surface area contributed by atoms with Gasteiger partial charge in [-0.25, -0.2) is 4.79 Å². The Morgan fingerprint density at radius 3 is 2.14 bits per heavy atom. The molecule has 1 N–H and O–H groups in total. The van der Waals surface area contributed by atoms with Gasteiger partial charge in [0.25, 0.3) is 0 Å². The number of rotatable bonds is 6.